The first kappa shape index (κ1) is 35.1. The SMILES string of the molecule is COC1=CC(OC)=C(OC)C(C)C1/C=C/COC(=O)C1CCCN1C(=O)C(NC(=O)C(O)Cc1ccc(O)c(O)c1)C(F)(F)F. The molecule has 5 unspecified atom stereocenters. The summed E-state index contributed by atoms with van der Waals surface area (Å²) in [6.45, 7) is 1.47. The maximum Gasteiger partial charge on any atom is 0.417 e. The Labute approximate surface area is 257 Å². The molecule has 2 amide bonds. The van der Waals surface area contributed by atoms with Crippen molar-refractivity contribution < 1.29 is 61.8 Å². The van der Waals surface area contributed by atoms with Crippen LogP contribution in [0.5, 0.6) is 11.5 Å². The maximum absolute atomic E-state index is 14.0. The number of methoxy groups -OCH3 is 3. The van der Waals surface area contributed by atoms with Crippen molar-refractivity contribution in [3.63, 3.8) is 0 Å². The number of hydrogen-bond donors (Lipinski definition) is 4. The van der Waals surface area contributed by atoms with E-state index in [1.165, 1.54) is 32.7 Å². The molecular weight excluding hydrogens is 605 g/mol. The van der Waals surface area contributed by atoms with E-state index in [1.54, 1.807) is 18.2 Å². The molecule has 5 atom stereocenters. The molecule has 1 fully saturated rings. The van der Waals surface area contributed by atoms with Crippen molar-refractivity contribution in [3.8, 4) is 11.5 Å². The van der Waals surface area contributed by atoms with Crippen LogP contribution in [0.4, 0.5) is 13.2 Å². The molecule has 15 heteroatoms. The van der Waals surface area contributed by atoms with Crippen LogP contribution in [0.15, 0.2) is 53.7 Å². The second-order valence-electron chi connectivity index (χ2n) is 10.5. The van der Waals surface area contributed by atoms with Gasteiger partial charge in [-0.05, 0) is 30.5 Å². The number of phenolic OH excluding ortho intramolecular Hbond substituents is 2. The van der Waals surface area contributed by atoms with Gasteiger partial charge in [-0.2, -0.15) is 13.2 Å². The highest BCUT2D eigenvalue weighted by Crippen LogP contribution is 2.36. The molecule has 1 heterocycles. The number of amides is 2. The fraction of sp³-hybridized carbons (Fsp3) is 0.500. The summed E-state index contributed by atoms with van der Waals surface area (Å²) in [5, 5.41) is 30.7. The number of likely N-dealkylation sites (tertiary alicyclic amines) is 1. The van der Waals surface area contributed by atoms with E-state index in [4.69, 9.17) is 18.9 Å². The van der Waals surface area contributed by atoms with Gasteiger partial charge in [0.2, 0.25) is 11.9 Å². The van der Waals surface area contributed by atoms with Gasteiger partial charge in [0, 0.05) is 30.9 Å². The molecule has 0 spiro atoms. The molecule has 1 aliphatic carbocycles. The summed E-state index contributed by atoms with van der Waals surface area (Å²) in [5.74, 6) is -3.82. The molecule has 0 bridgehead atoms. The first-order valence-corrected chi connectivity index (χ1v) is 14.0. The normalized spacial score (nSPS) is 21.6. The standard InChI is InChI=1S/C30H37F3N2O10/c1-16-18(23(42-2)15-24(43-3)25(16)44-4)7-6-12-45-29(41)19-8-5-11-35(19)28(40)26(30(31,32)33)34-27(39)22(38)14-17-9-10-20(36)21(37)13-17/h6-7,9-10,13,15-16,18-19,22,26,36-38H,5,8,11-12,14H2,1-4H3,(H,34,39)/b7-6+. The zero-order valence-electron chi connectivity index (χ0n) is 25.2. The third-order valence-corrected chi connectivity index (χ3v) is 7.58. The zero-order valence-corrected chi connectivity index (χ0v) is 25.2. The third-order valence-electron chi connectivity index (χ3n) is 7.58. The Morgan fingerprint density at radius 3 is 2.42 bits per heavy atom. The molecule has 248 valence electrons. The average molecular weight is 643 g/mol. The number of carbonyl (C=O) groups is 3. The van der Waals surface area contributed by atoms with Crippen molar-refractivity contribution in [1.82, 2.24) is 10.2 Å². The Bertz CT molecular complexity index is 1340. The minimum absolute atomic E-state index is 0.0534. The highest BCUT2D eigenvalue weighted by molar-refractivity contribution is 5.92. The van der Waals surface area contributed by atoms with Gasteiger partial charge in [0.05, 0.1) is 21.3 Å². The van der Waals surface area contributed by atoms with Crippen molar-refractivity contribution in [1.29, 1.82) is 0 Å². The van der Waals surface area contributed by atoms with Gasteiger partial charge in [0.15, 0.2) is 17.3 Å². The Morgan fingerprint density at radius 1 is 1.11 bits per heavy atom. The molecule has 3 rings (SSSR count). The number of alkyl halides is 3. The minimum atomic E-state index is -5.25. The number of ether oxygens (including phenoxy) is 4. The first-order chi connectivity index (χ1) is 21.2. The fourth-order valence-corrected chi connectivity index (χ4v) is 5.24. The van der Waals surface area contributed by atoms with E-state index < -0.39 is 60.1 Å². The quantitative estimate of drug-likeness (QED) is 0.151. The van der Waals surface area contributed by atoms with Gasteiger partial charge in [-0.1, -0.05) is 25.1 Å². The largest absolute Gasteiger partial charge is 0.504 e. The molecule has 1 aromatic carbocycles. The third kappa shape index (κ3) is 8.41. The Kier molecular flexibility index (Phi) is 11.7. The van der Waals surface area contributed by atoms with Gasteiger partial charge in [-0.25, -0.2) is 4.79 Å². The van der Waals surface area contributed by atoms with Crippen molar-refractivity contribution in [2.75, 3.05) is 34.5 Å². The summed E-state index contributed by atoms with van der Waals surface area (Å²) < 4.78 is 63.4. The fourth-order valence-electron chi connectivity index (χ4n) is 5.24. The van der Waals surface area contributed by atoms with Crippen LogP contribution in [-0.2, 0) is 39.8 Å². The molecule has 2 aliphatic rings. The lowest BCUT2D eigenvalue weighted by Gasteiger charge is -2.30. The second-order valence-corrected chi connectivity index (χ2v) is 10.5. The van der Waals surface area contributed by atoms with Gasteiger partial charge in [0.1, 0.15) is 30.3 Å². The van der Waals surface area contributed by atoms with Gasteiger partial charge in [-0.3, -0.25) is 9.59 Å². The number of halogens is 3. The summed E-state index contributed by atoms with van der Waals surface area (Å²) in [7, 11) is 4.50. The van der Waals surface area contributed by atoms with E-state index in [2.05, 4.69) is 0 Å². The zero-order chi connectivity index (χ0) is 33.5. The van der Waals surface area contributed by atoms with Crippen LogP contribution in [-0.4, -0.2) is 96.8 Å². The lowest BCUT2D eigenvalue weighted by atomic mass is 9.85. The molecule has 0 radical (unpaired) electrons. The van der Waals surface area contributed by atoms with Crippen LogP contribution < -0.4 is 5.32 Å². The average Bonchev–Trinajstić information content (AvgIpc) is 3.49. The molecule has 12 nitrogen and oxygen atoms in total. The summed E-state index contributed by atoms with van der Waals surface area (Å²) >= 11 is 0. The number of nitrogens with zero attached hydrogens (tertiary/aromatic N) is 1. The summed E-state index contributed by atoms with van der Waals surface area (Å²) in [6, 6.07) is -0.986. The van der Waals surface area contributed by atoms with E-state index in [0.717, 1.165) is 12.1 Å². The van der Waals surface area contributed by atoms with E-state index in [1.807, 2.05) is 6.92 Å². The Morgan fingerprint density at radius 2 is 1.82 bits per heavy atom. The van der Waals surface area contributed by atoms with Crippen molar-refractivity contribution in [2.45, 2.75) is 50.6 Å². The lowest BCUT2D eigenvalue weighted by Crippen LogP contribution is -2.59. The molecule has 0 saturated carbocycles. The molecule has 1 aliphatic heterocycles. The highest BCUT2D eigenvalue weighted by atomic mass is 19.4. The van der Waals surface area contributed by atoms with Crippen molar-refractivity contribution >= 4 is 17.8 Å². The van der Waals surface area contributed by atoms with E-state index >= 15 is 0 Å². The molecule has 1 aromatic rings. The van der Waals surface area contributed by atoms with Gasteiger partial charge in [0.25, 0.3) is 5.91 Å². The number of aliphatic hydroxyl groups is 1. The second kappa shape index (κ2) is 15.1. The number of aliphatic hydroxyl groups excluding tert-OH is 1. The van der Waals surface area contributed by atoms with Crippen molar-refractivity contribution in [2.24, 2.45) is 11.8 Å². The molecule has 0 aromatic heterocycles. The summed E-state index contributed by atoms with van der Waals surface area (Å²) in [4.78, 5) is 39.1. The number of aromatic hydroxyl groups is 2. The smallest absolute Gasteiger partial charge is 0.417 e. The number of benzene rings is 1. The Hall–Kier alpha value is -4.40. The lowest BCUT2D eigenvalue weighted by molar-refractivity contribution is -0.181. The predicted octanol–water partition coefficient (Wildman–Crippen LogP) is 2.44. The number of rotatable bonds is 12. The van der Waals surface area contributed by atoms with Gasteiger partial charge < -0.3 is 44.5 Å². The monoisotopic (exact) mass is 642 g/mol. The molecule has 1 saturated heterocycles. The number of hydrogen-bond acceptors (Lipinski definition) is 10. The minimum Gasteiger partial charge on any atom is -0.504 e. The number of phenols is 2. The van der Waals surface area contributed by atoms with Crippen LogP contribution in [0, 0.1) is 11.8 Å². The maximum atomic E-state index is 14.0. The van der Waals surface area contributed by atoms with E-state index in [-0.39, 0.29) is 43.4 Å². The van der Waals surface area contributed by atoms with Crippen molar-refractivity contribution in [3.05, 3.63) is 59.3 Å². The van der Waals surface area contributed by atoms with Gasteiger partial charge >= 0.3 is 12.1 Å². The number of esters is 1. The molecular formula is C30H37F3N2O10. The van der Waals surface area contributed by atoms with Crippen LogP contribution in [0.1, 0.15) is 25.3 Å². The summed E-state index contributed by atoms with van der Waals surface area (Å²) in [6.07, 6.45) is -2.54. The van der Waals surface area contributed by atoms with Crippen LogP contribution >= 0.6 is 0 Å². The van der Waals surface area contributed by atoms with Gasteiger partial charge in [-0.15, -0.1) is 0 Å². The predicted molar refractivity (Wildman–Crippen MR) is 151 cm³/mol. The van der Waals surface area contributed by atoms with Crippen LogP contribution in [0.2, 0.25) is 0 Å². The highest BCUT2D eigenvalue weighted by Gasteiger charge is 2.51. The number of carbonyl (C=O) groups excluding carboxylic acids is 3. The first-order valence-electron chi connectivity index (χ1n) is 14.0. The van der Waals surface area contributed by atoms with E-state index in [9.17, 15) is 42.9 Å². The Balaban J connectivity index is 1.64. The summed E-state index contributed by atoms with van der Waals surface area (Å²) in [5.41, 5.74) is 0.141. The molecule has 45 heavy (non-hydrogen) atoms. The van der Waals surface area contributed by atoms with Crippen LogP contribution in [0.25, 0.3) is 0 Å². The molecule has 4 N–H and O–H groups in total. The number of allylic oxidation sites excluding steroid dienone is 3. The van der Waals surface area contributed by atoms with Crippen LogP contribution in [0.3, 0.4) is 0 Å². The topological polar surface area (TPSA) is 164 Å². The number of nitrogens with one attached hydrogen (secondary N) is 1. The van der Waals surface area contributed by atoms with E-state index in [0.29, 0.717) is 22.2 Å².